The Morgan fingerprint density at radius 2 is 1.47 bits per heavy atom. The van der Waals surface area contributed by atoms with Crippen LogP contribution in [0, 0.1) is 0 Å². The maximum Gasteiger partial charge on any atom is 0.0154 e. The van der Waals surface area contributed by atoms with E-state index < -0.39 is 0 Å². The maximum absolute atomic E-state index is 4.25. The normalized spacial score (nSPS) is 10.5. The Balaban J connectivity index is 2.20. The number of hydrogen-bond donors (Lipinski definition) is 1. The Kier molecular flexibility index (Phi) is 6.58. The van der Waals surface area contributed by atoms with Gasteiger partial charge in [0, 0.05) is 5.75 Å². The molecule has 0 saturated heterocycles. The Morgan fingerprint density at radius 3 is 2.07 bits per heavy atom. The number of aryl methyl sites for hydroxylation is 1. The largest absolute Gasteiger partial charge is 0.175 e. The highest BCUT2D eigenvalue weighted by atomic mass is 32.1. The summed E-state index contributed by atoms with van der Waals surface area (Å²) in [6, 6.07) is 8.86. The molecule has 0 saturated carbocycles. The molecule has 0 aliphatic carbocycles. The molecule has 1 aromatic rings. The van der Waals surface area contributed by atoms with E-state index in [1.807, 2.05) is 0 Å². The van der Waals surface area contributed by atoms with E-state index in [-0.39, 0.29) is 0 Å². The summed E-state index contributed by atoms with van der Waals surface area (Å²) < 4.78 is 0. The zero-order chi connectivity index (χ0) is 10.9. The lowest BCUT2D eigenvalue weighted by molar-refractivity contribution is 0.632. The van der Waals surface area contributed by atoms with Crippen LogP contribution in [0.3, 0.4) is 0 Å². The van der Waals surface area contributed by atoms with Gasteiger partial charge in [0.1, 0.15) is 0 Å². The van der Waals surface area contributed by atoms with Gasteiger partial charge in [-0.1, -0.05) is 56.9 Å². The Morgan fingerprint density at radius 1 is 0.867 bits per heavy atom. The van der Waals surface area contributed by atoms with Gasteiger partial charge in [-0.15, -0.1) is 0 Å². The molecule has 0 aliphatic heterocycles. The summed E-state index contributed by atoms with van der Waals surface area (Å²) >= 11 is 4.25. The minimum absolute atomic E-state index is 0.844. The van der Waals surface area contributed by atoms with Crippen LogP contribution in [-0.2, 0) is 12.2 Å². The fourth-order valence-electron chi connectivity index (χ4n) is 1.74. The van der Waals surface area contributed by atoms with Crippen LogP contribution in [0.2, 0.25) is 0 Å². The lowest BCUT2D eigenvalue weighted by Gasteiger charge is -2.02. The Hall–Kier alpha value is -0.430. The Bertz CT molecular complexity index is 251. The SMILES string of the molecule is CCCCCCCc1ccc(CS)cc1. The summed E-state index contributed by atoms with van der Waals surface area (Å²) in [7, 11) is 0. The van der Waals surface area contributed by atoms with Crippen molar-refractivity contribution in [2.24, 2.45) is 0 Å². The van der Waals surface area contributed by atoms with Crippen LogP contribution < -0.4 is 0 Å². The monoisotopic (exact) mass is 222 g/mol. The van der Waals surface area contributed by atoms with E-state index in [1.54, 1.807) is 0 Å². The molecule has 0 nitrogen and oxygen atoms in total. The van der Waals surface area contributed by atoms with Crippen LogP contribution in [-0.4, -0.2) is 0 Å². The number of unbranched alkanes of at least 4 members (excludes halogenated alkanes) is 4. The molecular weight excluding hydrogens is 200 g/mol. The summed E-state index contributed by atoms with van der Waals surface area (Å²) in [5.41, 5.74) is 2.78. The number of hydrogen-bond acceptors (Lipinski definition) is 1. The van der Waals surface area contributed by atoms with Crippen LogP contribution in [0.25, 0.3) is 0 Å². The maximum atomic E-state index is 4.25. The van der Waals surface area contributed by atoms with Crippen molar-refractivity contribution in [1.29, 1.82) is 0 Å². The molecule has 84 valence electrons. The second kappa shape index (κ2) is 7.81. The lowest BCUT2D eigenvalue weighted by Crippen LogP contribution is -1.87. The van der Waals surface area contributed by atoms with E-state index in [2.05, 4.69) is 43.8 Å². The van der Waals surface area contributed by atoms with Crippen molar-refractivity contribution in [2.75, 3.05) is 0 Å². The van der Waals surface area contributed by atoms with Crippen molar-refractivity contribution in [3.63, 3.8) is 0 Å². The molecule has 0 heterocycles. The van der Waals surface area contributed by atoms with Gasteiger partial charge >= 0.3 is 0 Å². The average Bonchev–Trinajstić information content (AvgIpc) is 2.30. The summed E-state index contributed by atoms with van der Waals surface area (Å²) in [4.78, 5) is 0. The first kappa shape index (κ1) is 12.6. The van der Waals surface area contributed by atoms with Crippen LogP contribution in [0.4, 0.5) is 0 Å². The van der Waals surface area contributed by atoms with Gasteiger partial charge in [0.05, 0.1) is 0 Å². The van der Waals surface area contributed by atoms with Crippen LogP contribution in [0.5, 0.6) is 0 Å². The zero-order valence-corrected chi connectivity index (χ0v) is 10.6. The summed E-state index contributed by atoms with van der Waals surface area (Å²) in [5, 5.41) is 0. The van der Waals surface area contributed by atoms with E-state index in [0.29, 0.717) is 0 Å². The molecule has 0 radical (unpaired) electrons. The van der Waals surface area contributed by atoms with Crippen LogP contribution in [0.15, 0.2) is 24.3 Å². The van der Waals surface area contributed by atoms with Gasteiger partial charge in [-0.05, 0) is 24.0 Å². The molecule has 1 aromatic carbocycles. The predicted molar refractivity (Wildman–Crippen MR) is 71.6 cm³/mol. The van der Waals surface area contributed by atoms with Gasteiger partial charge in [0.25, 0.3) is 0 Å². The number of rotatable bonds is 7. The third kappa shape index (κ3) is 5.27. The number of benzene rings is 1. The number of thiol groups is 1. The third-order valence-electron chi connectivity index (χ3n) is 2.77. The average molecular weight is 222 g/mol. The summed E-state index contributed by atoms with van der Waals surface area (Å²) in [6.07, 6.45) is 8.05. The third-order valence-corrected chi connectivity index (χ3v) is 3.14. The van der Waals surface area contributed by atoms with Crippen molar-refractivity contribution in [3.05, 3.63) is 35.4 Å². The van der Waals surface area contributed by atoms with Gasteiger partial charge in [-0.2, -0.15) is 12.6 Å². The van der Waals surface area contributed by atoms with E-state index in [1.165, 1.54) is 49.7 Å². The van der Waals surface area contributed by atoms with Gasteiger partial charge in [-0.3, -0.25) is 0 Å². The zero-order valence-electron chi connectivity index (χ0n) is 9.71. The standard InChI is InChI=1S/C14H22S/c1-2-3-4-5-6-7-13-8-10-14(12-15)11-9-13/h8-11,15H,2-7,12H2,1H3. The molecule has 0 unspecified atom stereocenters. The molecule has 1 heteroatoms. The van der Waals surface area contributed by atoms with Crippen molar-refractivity contribution in [1.82, 2.24) is 0 Å². The Labute approximate surface area is 99.5 Å². The van der Waals surface area contributed by atoms with Crippen LogP contribution >= 0.6 is 12.6 Å². The first-order valence-corrected chi connectivity index (χ1v) is 6.68. The molecule has 0 fully saturated rings. The molecule has 0 bridgehead atoms. The minimum Gasteiger partial charge on any atom is -0.175 e. The molecule has 1 rings (SSSR count). The fraction of sp³-hybridized carbons (Fsp3) is 0.571. The van der Waals surface area contributed by atoms with Crippen molar-refractivity contribution >= 4 is 12.6 Å². The molecule has 15 heavy (non-hydrogen) atoms. The van der Waals surface area contributed by atoms with Gasteiger partial charge in [-0.25, -0.2) is 0 Å². The smallest absolute Gasteiger partial charge is 0.0154 e. The molecule has 0 spiro atoms. The highest BCUT2D eigenvalue weighted by Gasteiger charge is 1.94. The topological polar surface area (TPSA) is 0 Å². The lowest BCUT2D eigenvalue weighted by atomic mass is 10.0. The first-order chi connectivity index (χ1) is 7.36. The van der Waals surface area contributed by atoms with Gasteiger partial charge in [0.2, 0.25) is 0 Å². The van der Waals surface area contributed by atoms with E-state index in [9.17, 15) is 0 Å². The highest BCUT2D eigenvalue weighted by molar-refractivity contribution is 7.79. The van der Waals surface area contributed by atoms with Crippen molar-refractivity contribution < 1.29 is 0 Å². The molecule has 0 aliphatic rings. The predicted octanol–water partition coefficient (Wildman–Crippen LogP) is 4.63. The van der Waals surface area contributed by atoms with E-state index in [4.69, 9.17) is 0 Å². The first-order valence-electron chi connectivity index (χ1n) is 6.05. The van der Waals surface area contributed by atoms with Crippen LogP contribution in [0.1, 0.15) is 50.2 Å². The summed E-state index contributed by atoms with van der Waals surface area (Å²) in [5.74, 6) is 0.844. The van der Waals surface area contributed by atoms with E-state index >= 15 is 0 Å². The van der Waals surface area contributed by atoms with Gasteiger partial charge in [0.15, 0.2) is 0 Å². The second-order valence-electron chi connectivity index (χ2n) is 4.14. The molecular formula is C14H22S. The van der Waals surface area contributed by atoms with Crippen molar-refractivity contribution in [2.45, 2.75) is 51.2 Å². The quantitative estimate of drug-likeness (QED) is 0.505. The highest BCUT2D eigenvalue weighted by Crippen LogP contribution is 2.11. The van der Waals surface area contributed by atoms with Gasteiger partial charge < -0.3 is 0 Å². The van der Waals surface area contributed by atoms with E-state index in [0.717, 1.165) is 5.75 Å². The fourth-order valence-corrected chi connectivity index (χ4v) is 1.95. The molecule has 0 amide bonds. The summed E-state index contributed by atoms with van der Waals surface area (Å²) in [6.45, 7) is 2.26. The minimum atomic E-state index is 0.844. The molecule has 0 atom stereocenters. The molecule has 0 N–H and O–H groups in total. The molecule has 0 aromatic heterocycles. The van der Waals surface area contributed by atoms with Crippen molar-refractivity contribution in [3.8, 4) is 0 Å². The second-order valence-corrected chi connectivity index (χ2v) is 4.46.